The number of nitrogens with zero attached hydrogens (tertiary/aromatic N) is 3. The lowest BCUT2D eigenvalue weighted by Gasteiger charge is -2.35. The van der Waals surface area contributed by atoms with E-state index in [1.165, 1.54) is 34.5 Å². The van der Waals surface area contributed by atoms with E-state index in [1.807, 2.05) is 0 Å². The predicted octanol–water partition coefficient (Wildman–Crippen LogP) is 5.22. The minimum atomic E-state index is -0.391. The third-order valence-electron chi connectivity index (χ3n) is 6.68. The summed E-state index contributed by atoms with van der Waals surface area (Å²) in [6.07, 6.45) is 0.716. The van der Waals surface area contributed by atoms with Gasteiger partial charge >= 0.3 is 0 Å². The third-order valence-corrected chi connectivity index (χ3v) is 8.02. The van der Waals surface area contributed by atoms with Gasteiger partial charge in [0.1, 0.15) is 0 Å². The van der Waals surface area contributed by atoms with Crippen molar-refractivity contribution in [1.82, 2.24) is 14.4 Å². The molecule has 1 aliphatic heterocycles. The molecular formula is C27H29I2N3O. The Morgan fingerprint density at radius 1 is 0.727 bits per heavy atom. The maximum Gasteiger partial charge on any atom is 0.0845 e. The average molecular weight is 665 g/mol. The van der Waals surface area contributed by atoms with Gasteiger partial charge in [-0.2, -0.15) is 0 Å². The standard InChI is InChI=1S/C27H29I2N3O/c28-21-6-8-26-24(16-21)25-17-22(29)7-9-27(25)32(26)19-23(33)18-31-14-12-30(13-15-31)11-10-20-4-2-1-3-5-20/h1-9,16-17,23,33H,10-15,18-19H2. The summed E-state index contributed by atoms with van der Waals surface area (Å²) in [6, 6.07) is 24.0. The highest BCUT2D eigenvalue weighted by molar-refractivity contribution is 14.1. The lowest BCUT2D eigenvalue weighted by molar-refractivity contribution is 0.0659. The zero-order chi connectivity index (χ0) is 22.8. The molecule has 172 valence electrons. The first-order chi connectivity index (χ1) is 16.1. The van der Waals surface area contributed by atoms with Crippen molar-refractivity contribution in [3.63, 3.8) is 0 Å². The maximum absolute atomic E-state index is 11.0. The van der Waals surface area contributed by atoms with Crippen molar-refractivity contribution < 1.29 is 5.11 Å². The number of rotatable bonds is 7. The molecule has 0 amide bonds. The molecule has 0 radical (unpaired) electrons. The van der Waals surface area contributed by atoms with Crippen LogP contribution in [-0.2, 0) is 13.0 Å². The number of aliphatic hydroxyl groups excluding tert-OH is 1. The number of hydrogen-bond donors (Lipinski definition) is 1. The van der Waals surface area contributed by atoms with Crippen molar-refractivity contribution in [1.29, 1.82) is 0 Å². The Hall–Kier alpha value is -1.20. The van der Waals surface area contributed by atoms with Crippen molar-refractivity contribution in [2.75, 3.05) is 39.3 Å². The van der Waals surface area contributed by atoms with Crippen LogP contribution < -0.4 is 0 Å². The van der Waals surface area contributed by atoms with Gasteiger partial charge < -0.3 is 14.6 Å². The molecule has 0 aliphatic carbocycles. The number of aromatic nitrogens is 1. The van der Waals surface area contributed by atoms with E-state index >= 15 is 0 Å². The van der Waals surface area contributed by atoms with E-state index < -0.39 is 6.10 Å². The van der Waals surface area contributed by atoms with Gasteiger partial charge in [0, 0.05) is 68.2 Å². The van der Waals surface area contributed by atoms with Gasteiger partial charge in [-0.25, -0.2) is 0 Å². The first kappa shape index (κ1) is 23.5. The zero-order valence-electron chi connectivity index (χ0n) is 18.6. The van der Waals surface area contributed by atoms with Gasteiger partial charge in [-0.1, -0.05) is 30.3 Å². The van der Waals surface area contributed by atoms with Crippen LogP contribution in [0.15, 0.2) is 66.7 Å². The van der Waals surface area contributed by atoms with Gasteiger partial charge in [0.25, 0.3) is 0 Å². The fraction of sp³-hybridized carbons (Fsp3) is 0.333. The van der Waals surface area contributed by atoms with Gasteiger partial charge in [-0.05, 0) is 93.6 Å². The second kappa shape index (κ2) is 10.6. The van der Waals surface area contributed by atoms with E-state index in [1.54, 1.807) is 0 Å². The Kier molecular flexibility index (Phi) is 7.56. The van der Waals surface area contributed by atoms with Crippen molar-refractivity contribution >= 4 is 67.0 Å². The number of β-amino-alcohol motifs (C(OH)–C–C–N with tert-alkyl or cyclic N) is 1. The smallest absolute Gasteiger partial charge is 0.0845 e. The molecule has 1 atom stereocenters. The number of halogens is 2. The minimum Gasteiger partial charge on any atom is -0.390 e. The van der Waals surface area contributed by atoms with Gasteiger partial charge in [-0.15, -0.1) is 0 Å². The topological polar surface area (TPSA) is 31.6 Å². The van der Waals surface area contributed by atoms with Crippen LogP contribution in [0.4, 0.5) is 0 Å². The highest BCUT2D eigenvalue weighted by Crippen LogP contribution is 2.31. The molecule has 0 saturated carbocycles. The molecule has 4 nitrogen and oxygen atoms in total. The number of hydrogen-bond acceptors (Lipinski definition) is 3. The van der Waals surface area contributed by atoms with Crippen LogP contribution in [0.5, 0.6) is 0 Å². The van der Waals surface area contributed by atoms with Crippen LogP contribution in [0.1, 0.15) is 5.56 Å². The summed E-state index contributed by atoms with van der Waals surface area (Å²) < 4.78 is 4.78. The van der Waals surface area contributed by atoms with E-state index in [-0.39, 0.29) is 0 Å². The van der Waals surface area contributed by atoms with Crippen LogP contribution in [-0.4, -0.2) is 64.8 Å². The SMILES string of the molecule is OC(CN1CCN(CCc2ccccc2)CC1)Cn1c2ccc(I)cc2c2cc(I)ccc21. The van der Waals surface area contributed by atoms with E-state index in [2.05, 4.69) is 126 Å². The Morgan fingerprint density at radius 2 is 1.30 bits per heavy atom. The molecule has 4 aromatic rings. The molecule has 1 saturated heterocycles. The summed E-state index contributed by atoms with van der Waals surface area (Å²) in [6.45, 7) is 6.65. The summed E-state index contributed by atoms with van der Waals surface area (Å²) in [7, 11) is 0. The van der Waals surface area contributed by atoms with E-state index in [9.17, 15) is 5.11 Å². The molecule has 1 unspecified atom stereocenters. The molecule has 33 heavy (non-hydrogen) atoms. The quantitative estimate of drug-likeness (QED) is 0.275. The molecule has 0 bridgehead atoms. The highest BCUT2D eigenvalue weighted by atomic mass is 127. The first-order valence-corrected chi connectivity index (χ1v) is 13.8. The second-order valence-electron chi connectivity index (χ2n) is 8.97. The van der Waals surface area contributed by atoms with Crippen molar-refractivity contribution in [3.8, 4) is 0 Å². The molecule has 1 N–H and O–H groups in total. The molecule has 0 spiro atoms. The molecule has 1 aliphatic rings. The third kappa shape index (κ3) is 5.56. The molecule has 5 rings (SSSR count). The van der Waals surface area contributed by atoms with Crippen LogP contribution in [0.3, 0.4) is 0 Å². The molecule has 3 aromatic carbocycles. The van der Waals surface area contributed by atoms with Crippen LogP contribution >= 0.6 is 45.2 Å². The Labute approximate surface area is 222 Å². The monoisotopic (exact) mass is 665 g/mol. The van der Waals surface area contributed by atoms with Gasteiger partial charge in [0.2, 0.25) is 0 Å². The molecule has 1 fully saturated rings. The van der Waals surface area contributed by atoms with E-state index in [4.69, 9.17) is 0 Å². The maximum atomic E-state index is 11.0. The summed E-state index contributed by atoms with van der Waals surface area (Å²) in [4.78, 5) is 4.97. The Morgan fingerprint density at radius 3 is 1.91 bits per heavy atom. The molecule has 1 aromatic heterocycles. The largest absolute Gasteiger partial charge is 0.390 e. The zero-order valence-corrected chi connectivity index (χ0v) is 22.9. The summed E-state index contributed by atoms with van der Waals surface area (Å²) >= 11 is 4.76. The normalized spacial score (nSPS) is 16.6. The second-order valence-corrected chi connectivity index (χ2v) is 11.5. The highest BCUT2D eigenvalue weighted by Gasteiger charge is 2.21. The Balaban J connectivity index is 1.21. The van der Waals surface area contributed by atoms with E-state index in [0.29, 0.717) is 6.54 Å². The predicted molar refractivity (Wildman–Crippen MR) is 154 cm³/mol. The van der Waals surface area contributed by atoms with Gasteiger partial charge in [-0.3, -0.25) is 4.90 Å². The Bertz CT molecular complexity index is 1170. The molecule has 6 heteroatoms. The number of benzene rings is 3. The number of piperazine rings is 1. The number of aliphatic hydroxyl groups is 1. The van der Waals surface area contributed by atoms with Gasteiger partial charge in [0.15, 0.2) is 0 Å². The van der Waals surface area contributed by atoms with Crippen LogP contribution in [0.25, 0.3) is 21.8 Å². The molecule has 2 heterocycles. The molecular weight excluding hydrogens is 636 g/mol. The van der Waals surface area contributed by atoms with Crippen molar-refractivity contribution in [2.24, 2.45) is 0 Å². The van der Waals surface area contributed by atoms with Crippen LogP contribution in [0.2, 0.25) is 0 Å². The average Bonchev–Trinajstić information content (AvgIpc) is 3.11. The van der Waals surface area contributed by atoms with Crippen molar-refractivity contribution in [3.05, 3.63) is 79.4 Å². The fourth-order valence-corrected chi connectivity index (χ4v) is 5.92. The summed E-state index contributed by atoms with van der Waals surface area (Å²) in [5, 5.41) is 13.6. The van der Waals surface area contributed by atoms with Crippen LogP contribution in [0, 0.1) is 7.14 Å². The lowest BCUT2D eigenvalue weighted by Crippen LogP contribution is -2.49. The lowest BCUT2D eigenvalue weighted by atomic mass is 10.1. The van der Waals surface area contributed by atoms with Gasteiger partial charge in [0.05, 0.1) is 12.6 Å². The first-order valence-electron chi connectivity index (χ1n) is 11.6. The van der Waals surface area contributed by atoms with Crippen molar-refractivity contribution in [2.45, 2.75) is 19.1 Å². The summed E-state index contributed by atoms with van der Waals surface area (Å²) in [5.41, 5.74) is 3.82. The minimum absolute atomic E-state index is 0.391. The number of fused-ring (bicyclic) bond motifs is 3. The fourth-order valence-electron chi connectivity index (χ4n) is 4.94. The van der Waals surface area contributed by atoms with E-state index in [0.717, 1.165) is 45.7 Å². The summed E-state index contributed by atoms with van der Waals surface area (Å²) in [5.74, 6) is 0.